The molecule has 2 aromatic rings. The van der Waals surface area contributed by atoms with Crippen LogP contribution < -0.4 is 24.8 Å². The zero-order valence-corrected chi connectivity index (χ0v) is 20.3. The van der Waals surface area contributed by atoms with Crippen molar-refractivity contribution in [1.82, 2.24) is 10.6 Å². The Morgan fingerprint density at radius 3 is 2.14 bits per heavy atom. The molecule has 0 radical (unpaired) electrons. The summed E-state index contributed by atoms with van der Waals surface area (Å²) in [5.74, 6) is 2.78. The Kier molecular flexibility index (Phi) is 11.1. The highest BCUT2D eigenvalue weighted by Crippen LogP contribution is 2.34. The van der Waals surface area contributed by atoms with E-state index in [2.05, 4.69) is 41.6 Å². The van der Waals surface area contributed by atoms with E-state index >= 15 is 0 Å². The smallest absolute Gasteiger partial charge is 0.191 e. The first-order valence-electron chi connectivity index (χ1n) is 9.03. The molecular weight excluding hydrogens is 489 g/mol. The Morgan fingerprint density at radius 1 is 0.929 bits per heavy atom. The van der Waals surface area contributed by atoms with Gasteiger partial charge in [-0.2, -0.15) is 0 Å². The second-order valence-corrected chi connectivity index (χ2v) is 7.04. The number of aryl methyl sites for hydroxylation is 1. The monoisotopic (exact) mass is 519 g/mol. The van der Waals surface area contributed by atoms with Gasteiger partial charge in [0.25, 0.3) is 0 Å². The minimum Gasteiger partial charge on any atom is -0.496 e. The lowest BCUT2D eigenvalue weighted by molar-refractivity contribution is 0.347. The summed E-state index contributed by atoms with van der Waals surface area (Å²) in [4.78, 5) is 7.37. The van der Waals surface area contributed by atoms with E-state index in [1.54, 1.807) is 21.3 Å². The molecule has 0 aliphatic heterocycles. The number of rotatable bonds is 9. The lowest BCUT2D eigenvalue weighted by Gasteiger charge is -2.14. The number of aliphatic imine (C=N–C) groups is 1. The van der Waals surface area contributed by atoms with Gasteiger partial charge in [0.1, 0.15) is 5.75 Å². The van der Waals surface area contributed by atoms with Crippen molar-refractivity contribution in [2.24, 2.45) is 4.99 Å². The van der Waals surface area contributed by atoms with Gasteiger partial charge in [-0.05, 0) is 31.5 Å². The third-order valence-electron chi connectivity index (χ3n) is 4.03. The normalized spacial score (nSPS) is 10.8. The summed E-state index contributed by atoms with van der Waals surface area (Å²) in [7, 11) is 4.87. The van der Waals surface area contributed by atoms with Crippen LogP contribution in [0.2, 0.25) is 0 Å². The summed E-state index contributed by atoms with van der Waals surface area (Å²) in [6.45, 7) is 6.22. The highest BCUT2D eigenvalue weighted by atomic mass is 127. The quantitative estimate of drug-likeness (QED) is 0.295. The summed E-state index contributed by atoms with van der Waals surface area (Å²) in [6.07, 6.45) is 1.07. The molecule has 0 spiro atoms. The Hall–Kier alpha value is -1.68. The van der Waals surface area contributed by atoms with E-state index in [4.69, 9.17) is 14.2 Å². The van der Waals surface area contributed by atoms with E-state index in [1.165, 1.54) is 9.75 Å². The van der Waals surface area contributed by atoms with Gasteiger partial charge < -0.3 is 24.8 Å². The van der Waals surface area contributed by atoms with Crippen molar-refractivity contribution in [3.8, 4) is 17.2 Å². The van der Waals surface area contributed by atoms with E-state index < -0.39 is 0 Å². The number of methoxy groups -OCH3 is 3. The van der Waals surface area contributed by atoms with E-state index in [0.29, 0.717) is 18.0 Å². The Morgan fingerprint density at radius 2 is 1.57 bits per heavy atom. The van der Waals surface area contributed by atoms with Crippen LogP contribution in [0.4, 0.5) is 0 Å². The highest BCUT2D eigenvalue weighted by molar-refractivity contribution is 14.0. The maximum atomic E-state index is 5.48. The lowest BCUT2D eigenvalue weighted by atomic mass is 10.1. The van der Waals surface area contributed by atoms with Gasteiger partial charge in [-0.15, -0.1) is 35.3 Å². The van der Waals surface area contributed by atoms with Crippen LogP contribution in [0, 0.1) is 0 Å². The fraction of sp³-hybridized carbons (Fsp3) is 0.450. The zero-order chi connectivity index (χ0) is 19.6. The standard InChI is InChI=1S/C20H29N3O3S.HI/c1-6-15-8-9-16(27-15)13-23-20(21-7-2)22-12-14-10-18(25-4)19(26-5)11-17(14)24-3;/h8-11H,6-7,12-13H2,1-5H3,(H2,21,22,23);1H. The third-order valence-corrected chi connectivity index (χ3v) is 5.26. The molecular formula is C20H30IN3O3S. The predicted octanol–water partition coefficient (Wildman–Crippen LogP) is 4.21. The largest absolute Gasteiger partial charge is 0.496 e. The first-order chi connectivity index (χ1) is 13.1. The van der Waals surface area contributed by atoms with E-state index in [9.17, 15) is 0 Å². The number of ether oxygens (including phenoxy) is 3. The minimum absolute atomic E-state index is 0. The third kappa shape index (κ3) is 6.73. The number of nitrogens with one attached hydrogen (secondary N) is 2. The molecule has 1 aromatic heterocycles. The van der Waals surface area contributed by atoms with Gasteiger partial charge in [-0.1, -0.05) is 6.92 Å². The molecule has 8 heteroatoms. The maximum absolute atomic E-state index is 5.48. The van der Waals surface area contributed by atoms with Crippen molar-refractivity contribution in [2.45, 2.75) is 33.4 Å². The SMILES string of the molecule is CCNC(=NCc1cc(OC)c(OC)cc1OC)NCc1ccc(CC)s1.I. The van der Waals surface area contributed by atoms with Crippen LogP contribution in [0.25, 0.3) is 0 Å². The summed E-state index contributed by atoms with van der Waals surface area (Å²) >= 11 is 1.83. The number of thiophene rings is 1. The summed E-state index contributed by atoms with van der Waals surface area (Å²) in [5.41, 5.74) is 0.928. The minimum atomic E-state index is 0. The molecule has 0 saturated carbocycles. The van der Waals surface area contributed by atoms with Crippen molar-refractivity contribution in [2.75, 3.05) is 27.9 Å². The summed E-state index contributed by atoms with van der Waals surface area (Å²) in [5, 5.41) is 6.67. The van der Waals surface area contributed by atoms with Gasteiger partial charge in [-0.3, -0.25) is 0 Å². The van der Waals surface area contributed by atoms with Gasteiger partial charge >= 0.3 is 0 Å². The first kappa shape index (κ1) is 24.4. The van der Waals surface area contributed by atoms with E-state index in [-0.39, 0.29) is 24.0 Å². The van der Waals surface area contributed by atoms with Crippen LogP contribution in [-0.4, -0.2) is 33.8 Å². The molecule has 0 amide bonds. The molecule has 2 rings (SSSR count). The Balaban J connectivity index is 0.00000392. The Labute approximate surface area is 188 Å². The van der Waals surface area contributed by atoms with Crippen LogP contribution in [0.1, 0.15) is 29.2 Å². The van der Waals surface area contributed by atoms with Crippen LogP contribution in [-0.2, 0) is 19.5 Å². The fourth-order valence-corrected chi connectivity index (χ4v) is 3.50. The number of hydrogen-bond donors (Lipinski definition) is 2. The van der Waals surface area contributed by atoms with Crippen LogP contribution in [0.15, 0.2) is 29.3 Å². The molecule has 6 nitrogen and oxygen atoms in total. The molecule has 28 heavy (non-hydrogen) atoms. The van der Waals surface area contributed by atoms with Crippen molar-refractivity contribution >= 4 is 41.3 Å². The molecule has 1 aromatic carbocycles. The van der Waals surface area contributed by atoms with Crippen molar-refractivity contribution < 1.29 is 14.2 Å². The summed E-state index contributed by atoms with van der Waals surface area (Å²) in [6, 6.07) is 8.07. The highest BCUT2D eigenvalue weighted by Gasteiger charge is 2.12. The van der Waals surface area contributed by atoms with E-state index in [1.807, 2.05) is 23.5 Å². The predicted molar refractivity (Wildman–Crippen MR) is 127 cm³/mol. The average molecular weight is 519 g/mol. The molecule has 0 aliphatic carbocycles. The summed E-state index contributed by atoms with van der Waals surface area (Å²) < 4.78 is 16.2. The van der Waals surface area contributed by atoms with Crippen LogP contribution in [0.5, 0.6) is 17.2 Å². The molecule has 1 heterocycles. The first-order valence-corrected chi connectivity index (χ1v) is 9.85. The van der Waals surface area contributed by atoms with Gasteiger partial charge in [0.2, 0.25) is 0 Å². The zero-order valence-electron chi connectivity index (χ0n) is 17.1. The molecule has 0 aliphatic rings. The lowest BCUT2D eigenvalue weighted by Crippen LogP contribution is -2.36. The Bertz CT molecular complexity index is 765. The number of halogens is 1. The number of nitrogens with zero attached hydrogens (tertiary/aromatic N) is 1. The van der Waals surface area contributed by atoms with Crippen LogP contribution in [0.3, 0.4) is 0 Å². The van der Waals surface area contributed by atoms with Gasteiger partial charge in [0.15, 0.2) is 17.5 Å². The molecule has 0 fully saturated rings. The number of guanidine groups is 1. The molecule has 0 atom stereocenters. The molecule has 0 bridgehead atoms. The number of benzene rings is 1. The van der Waals surface area contributed by atoms with Crippen LogP contribution >= 0.6 is 35.3 Å². The van der Waals surface area contributed by atoms with Gasteiger partial charge in [0.05, 0.1) is 34.4 Å². The van der Waals surface area contributed by atoms with Crippen molar-refractivity contribution in [3.63, 3.8) is 0 Å². The van der Waals surface area contributed by atoms with Crippen molar-refractivity contribution in [1.29, 1.82) is 0 Å². The number of hydrogen-bond acceptors (Lipinski definition) is 5. The molecule has 0 saturated heterocycles. The van der Waals surface area contributed by atoms with Gasteiger partial charge in [0, 0.05) is 27.9 Å². The second kappa shape index (κ2) is 12.7. The molecule has 0 unspecified atom stereocenters. The molecule has 2 N–H and O–H groups in total. The topological polar surface area (TPSA) is 64.1 Å². The van der Waals surface area contributed by atoms with E-state index in [0.717, 1.165) is 36.8 Å². The average Bonchev–Trinajstić information content (AvgIpc) is 3.17. The fourth-order valence-electron chi connectivity index (χ4n) is 2.60. The second-order valence-electron chi connectivity index (χ2n) is 5.79. The van der Waals surface area contributed by atoms with Gasteiger partial charge in [-0.25, -0.2) is 4.99 Å². The molecule has 156 valence electrons. The maximum Gasteiger partial charge on any atom is 0.191 e. The van der Waals surface area contributed by atoms with Crippen molar-refractivity contribution in [3.05, 3.63) is 39.6 Å².